The second-order valence-corrected chi connectivity index (χ2v) is 7.38. The van der Waals surface area contributed by atoms with Gasteiger partial charge in [0.25, 0.3) is 0 Å². The molecule has 2 saturated carbocycles. The molecule has 3 rings (SSSR count). The van der Waals surface area contributed by atoms with E-state index in [1.807, 2.05) is 0 Å². The highest BCUT2D eigenvalue weighted by atomic mass is 16.5. The summed E-state index contributed by atoms with van der Waals surface area (Å²) in [6.07, 6.45) is 13.9. The molecule has 2 bridgehead atoms. The molecule has 0 aromatic rings. The molecule has 106 valence electrons. The fourth-order valence-corrected chi connectivity index (χ4v) is 4.24. The van der Waals surface area contributed by atoms with E-state index in [1.54, 1.807) is 5.57 Å². The van der Waals surface area contributed by atoms with Gasteiger partial charge in [0.05, 0.1) is 6.26 Å². The van der Waals surface area contributed by atoms with Crippen molar-refractivity contribution in [1.82, 2.24) is 0 Å². The minimum Gasteiger partial charge on any atom is -0.498 e. The van der Waals surface area contributed by atoms with E-state index in [1.165, 1.54) is 32.1 Å². The van der Waals surface area contributed by atoms with Gasteiger partial charge < -0.3 is 4.74 Å². The number of ether oxygens (including phenoxy) is 1. The van der Waals surface area contributed by atoms with Gasteiger partial charge in [0.15, 0.2) is 0 Å². The van der Waals surface area contributed by atoms with Crippen LogP contribution >= 0.6 is 0 Å². The third kappa shape index (κ3) is 2.75. The van der Waals surface area contributed by atoms with Crippen molar-refractivity contribution in [3.63, 3.8) is 0 Å². The topological polar surface area (TPSA) is 9.23 Å². The van der Waals surface area contributed by atoms with Crippen LogP contribution in [0.5, 0.6) is 0 Å². The molecule has 5 atom stereocenters. The highest BCUT2D eigenvalue weighted by Gasteiger charge is 2.34. The highest BCUT2D eigenvalue weighted by Crippen LogP contribution is 2.43. The molecule has 2 fully saturated rings. The fraction of sp³-hybridized carbons (Fsp3) is 0.778. The number of hydrogen-bond acceptors (Lipinski definition) is 1. The Labute approximate surface area is 118 Å². The summed E-state index contributed by atoms with van der Waals surface area (Å²) in [4.78, 5) is 0. The molecule has 19 heavy (non-hydrogen) atoms. The molecule has 0 saturated heterocycles. The molecule has 0 radical (unpaired) electrons. The Bertz CT molecular complexity index is 379. The number of rotatable bonds is 3. The first kappa shape index (κ1) is 13.3. The van der Waals surface area contributed by atoms with Crippen molar-refractivity contribution < 1.29 is 4.74 Å². The van der Waals surface area contributed by atoms with Gasteiger partial charge >= 0.3 is 0 Å². The summed E-state index contributed by atoms with van der Waals surface area (Å²) in [5, 5.41) is 0. The second kappa shape index (κ2) is 5.34. The van der Waals surface area contributed by atoms with Crippen molar-refractivity contribution >= 4 is 0 Å². The van der Waals surface area contributed by atoms with Crippen molar-refractivity contribution in [2.75, 3.05) is 0 Å². The van der Waals surface area contributed by atoms with E-state index in [2.05, 4.69) is 39.2 Å². The van der Waals surface area contributed by atoms with Gasteiger partial charge in [0, 0.05) is 5.92 Å². The van der Waals surface area contributed by atoms with E-state index in [0.717, 1.165) is 23.7 Å². The number of hydrogen-bond donors (Lipinski definition) is 0. The SMILES string of the molecule is CC(C)[C@@H]1CC[C@@H](C)C[C@H]1O/C=C1\CC2C=CC1C2. The largest absolute Gasteiger partial charge is 0.498 e. The van der Waals surface area contributed by atoms with Crippen LogP contribution in [0, 0.1) is 29.6 Å². The van der Waals surface area contributed by atoms with Gasteiger partial charge in [-0.1, -0.05) is 39.3 Å². The molecule has 2 unspecified atom stereocenters. The molecule has 0 aliphatic heterocycles. The minimum atomic E-state index is 0.458. The van der Waals surface area contributed by atoms with Crippen molar-refractivity contribution in [1.29, 1.82) is 0 Å². The Kier molecular flexibility index (Phi) is 3.73. The Morgan fingerprint density at radius 3 is 2.68 bits per heavy atom. The lowest BCUT2D eigenvalue weighted by Crippen LogP contribution is -2.33. The average Bonchev–Trinajstić information content (AvgIpc) is 2.98. The first-order valence-corrected chi connectivity index (χ1v) is 8.16. The molecule has 0 heterocycles. The van der Waals surface area contributed by atoms with Crippen molar-refractivity contribution in [2.24, 2.45) is 29.6 Å². The van der Waals surface area contributed by atoms with Gasteiger partial charge in [-0.25, -0.2) is 0 Å². The van der Waals surface area contributed by atoms with Crippen LogP contribution in [0.15, 0.2) is 24.0 Å². The lowest BCUT2D eigenvalue weighted by atomic mass is 9.75. The van der Waals surface area contributed by atoms with Crippen LogP contribution in [-0.2, 0) is 4.74 Å². The Morgan fingerprint density at radius 2 is 2.05 bits per heavy atom. The van der Waals surface area contributed by atoms with Gasteiger partial charge in [-0.2, -0.15) is 0 Å². The maximum Gasteiger partial charge on any atom is 0.101 e. The number of fused-ring (bicyclic) bond motifs is 2. The van der Waals surface area contributed by atoms with E-state index in [0.29, 0.717) is 12.0 Å². The normalized spacial score (nSPS) is 43.4. The summed E-state index contributed by atoms with van der Waals surface area (Å²) in [7, 11) is 0. The van der Waals surface area contributed by atoms with Gasteiger partial charge in [0.1, 0.15) is 6.10 Å². The lowest BCUT2D eigenvalue weighted by Gasteiger charge is -2.36. The van der Waals surface area contributed by atoms with Gasteiger partial charge in [-0.05, 0) is 54.9 Å². The summed E-state index contributed by atoms with van der Waals surface area (Å²) in [5.41, 5.74) is 1.55. The Hall–Kier alpha value is -0.720. The average molecular weight is 260 g/mol. The second-order valence-electron chi connectivity index (χ2n) is 7.38. The molecule has 0 aromatic heterocycles. The molecule has 1 nitrogen and oxygen atoms in total. The molecule has 3 aliphatic rings. The van der Waals surface area contributed by atoms with E-state index in [9.17, 15) is 0 Å². The molecule has 0 spiro atoms. The molecule has 0 amide bonds. The Morgan fingerprint density at radius 1 is 1.21 bits per heavy atom. The zero-order valence-electron chi connectivity index (χ0n) is 12.6. The summed E-state index contributed by atoms with van der Waals surface area (Å²) in [6.45, 7) is 7.08. The van der Waals surface area contributed by atoms with Crippen LogP contribution in [-0.4, -0.2) is 6.10 Å². The van der Waals surface area contributed by atoms with Gasteiger partial charge in [-0.15, -0.1) is 0 Å². The predicted molar refractivity (Wildman–Crippen MR) is 79.7 cm³/mol. The van der Waals surface area contributed by atoms with Crippen LogP contribution in [0.1, 0.15) is 52.9 Å². The predicted octanol–water partition coefficient (Wildman–Crippen LogP) is 4.94. The van der Waals surface area contributed by atoms with Crippen LogP contribution in [0.25, 0.3) is 0 Å². The third-order valence-corrected chi connectivity index (χ3v) is 5.50. The highest BCUT2D eigenvalue weighted by molar-refractivity contribution is 5.25. The van der Waals surface area contributed by atoms with Crippen molar-refractivity contribution in [2.45, 2.75) is 59.0 Å². The summed E-state index contributed by atoms with van der Waals surface area (Å²) in [6, 6.07) is 0. The smallest absolute Gasteiger partial charge is 0.101 e. The van der Waals surface area contributed by atoms with Crippen LogP contribution < -0.4 is 0 Å². The monoisotopic (exact) mass is 260 g/mol. The van der Waals surface area contributed by atoms with E-state index in [-0.39, 0.29) is 0 Å². The van der Waals surface area contributed by atoms with E-state index >= 15 is 0 Å². The first-order chi connectivity index (χ1) is 9.13. The molecular weight excluding hydrogens is 232 g/mol. The summed E-state index contributed by atoms with van der Waals surface area (Å²) >= 11 is 0. The van der Waals surface area contributed by atoms with Crippen LogP contribution in [0.4, 0.5) is 0 Å². The van der Waals surface area contributed by atoms with E-state index < -0.39 is 0 Å². The minimum absolute atomic E-state index is 0.458. The first-order valence-electron chi connectivity index (χ1n) is 8.16. The summed E-state index contributed by atoms with van der Waals surface area (Å²) in [5.74, 6) is 3.84. The number of allylic oxidation sites excluding steroid dienone is 3. The third-order valence-electron chi connectivity index (χ3n) is 5.50. The zero-order valence-corrected chi connectivity index (χ0v) is 12.6. The standard InChI is InChI=1S/C18H28O/c1-12(2)17-7-4-13(3)8-18(17)19-11-16-10-14-5-6-15(16)9-14/h5-6,11-15,17-18H,4,7-10H2,1-3H3/b16-11+/t13-,14?,15?,17+,18-/m1/s1. The van der Waals surface area contributed by atoms with Gasteiger partial charge in [-0.3, -0.25) is 0 Å². The zero-order chi connectivity index (χ0) is 13.4. The molecular formula is C18H28O. The van der Waals surface area contributed by atoms with Crippen LogP contribution in [0.3, 0.4) is 0 Å². The fourth-order valence-electron chi connectivity index (χ4n) is 4.24. The van der Waals surface area contributed by atoms with Crippen LogP contribution in [0.2, 0.25) is 0 Å². The molecule has 3 aliphatic carbocycles. The Balaban J connectivity index is 1.63. The van der Waals surface area contributed by atoms with Crippen molar-refractivity contribution in [3.8, 4) is 0 Å². The van der Waals surface area contributed by atoms with Crippen molar-refractivity contribution in [3.05, 3.63) is 24.0 Å². The molecule has 0 N–H and O–H groups in total. The summed E-state index contributed by atoms with van der Waals surface area (Å²) < 4.78 is 6.27. The maximum atomic E-state index is 6.27. The quantitative estimate of drug-likeness (QED) is 0.515. The van der Waals surface area contributed by atoms with Gasteiger partial charge in [0.2, 0.25) is 0 Å². The van der Waals surface area contributed by atoms with E-state index in [4.69, 9.17) is 4.74 Å². The molecule has 0 aromatic carbocycles. The lowest BCUT2D eigenvalue weighted by molar-refractivity contribution is 0.0122. The molecule has 1 heteroatoms. The maximum absolute atomic E-state index is 6.27.